The average molecular weight is 242 g/mol. The Hall–Kier alpha value is -0.940. The van der Waals surface area contributed by atoms with Crippen LogP contribution in [0.2, 0.25) is 0 Å². The molecule has 0 radical (unpaired) electrons. The summed E-state index contributed by atoms with van der Waals surface area (Å²) in [5, 5.41) is 8.77. The fourth-order valence-corrected chi connectivity index (χ4v) is 1.51. The van der Waals surface area contributed by atoms with Crippen LogP contribution in [-0.2, 0) is 6.54 Å². The van der Waals surface area contributed by atoms with Crippen LogP contribution in [-0.4, -0.2) is 26.2 Å². The molecule has 2 rings (SSSR count). The van der Waals surface area contributed by atoms with E-state index >= 15 is 0 Å². The van der Waals surface area contributed by atoms with Gasteiger partial charge in [0.05, 0.1) is 12.9 Å². The molecule has 2 aromatic heterocycles. The van der Waals surface area contributed by atoms with Crippen molar-refractivity contribution in [1.29, 1.82) is 0 Å². The van der Waals surface area contributed by atoms with Crippen LogP contribution in [0.15, 0.2) is 23.1 Å². The van der Waals surface area contributed by atoms with Crippen LogP contribution in [0.5, 0.6) is 0 Å². The summed E-state index contributed by atoms with van der Waals surface area (Å²) in [5.74, 6) is 0. The molecule has 2 heterocycles. The number of halogens is 1. The van der Waals surface area contributed by atoms with Crippen molar-refractivity contribution in [3.8, 4) is 0 Å². The Morgan fingerprint density at radius 1 is 1.46 bits per heavy atom. The summed E-state index contributed by atoms with van der Waals surface area (Å²) in [7, 11) is 0. The molecule has 5 heteroatoms. The number of aromatic nitrogens is 3. The van der Waals surface area contributed by atoms with Crippen molar-refractivity contribution >= 4 is 27.1 Å². The van der Waals surface area contributed by atoms with Gasteiger partial charge in [-0.15, -0.1) is 0 Å². The first-order valence-corrected chi connectivity index (χ1v) is 4.68. The highest BCUT2D eigenvalue weighted by molar-refractivity contribution is 9.10. The lowest BCUT2D eigenvalue weighted by Gasteiger charge is -1.98. The van der Waals surface area contributed by atoms with Gasteiger partial charge in [-0.25, -0.2) is 9.97 Å². The number of imidazole rings is 1. The Balaban J connectivity index is 2.55. The molecule has 0 aliphatic heterocycles. The molecule has 2 aromatic rings. The van der Waals surface area contributed by atoms with Crippen LogP contribution in [0.4, 0.5) is 0 Å². The quantitative estimate of drug-likeness (QED) is 0.860. The van der Waals surface area contributed by atoms with Crippen LogP contribution in [0.1, 0.15) is 0 Å². The van der Waals surface area contributed by atoms with E-state index in [9.17, 15) is 0 Å². The molecule has 13 heavy (non-hydrogen) atoms. The van der Waals surface area contributed by atoms with Crippen LogP contribution in [0.3, 0.4) is 0 Å². The maximum Gasteiger partial charge on any atom is 0.159 e. The molecule has 0 saturated heterocycles. The summed E-state index contributed by atoms with van der Waals surface area (Å²) in [5.41, 5.74) is 1.64. The van der Waals surface area contributed by atoms with Gasteiger partial charge in [0, 0.05) is 17.2 Å². The number of aliphatic hydroxyl groups excluding tert-OH is 1. The molecule has 0 atom stereocenters. The summed E-state index contributed by atoms with van der Waals surface area (Å²) < 4.78 is 2.73. The largest absolute Gasteiger partial charge is 0.395 e. The molecule has 0 aromatic carbocycles. The fourth-order valence-electron chi connectivity index (χ4n) is 1.20. The van der Waals surface area contributed by atoms with Crippen molar-refractivity contribution in [3.05, 3.63) is 23.1 Å². The van der Waals surface area contributed by atoms with E-state index in [-0.39, 0.29) is 6.61 Å². The predicted octanol–water partition coefficient (Wildman–Crippen LogP) is 1.19. The van der Waals surface area contributed by atoms with E-state index in [1.807, 2.05) is 10.6 Å². The standard InChI is InChI=1S/C8H8BrN3O/c9-6-3-7-8(10-4-6)12(1-2-13)5-11-7/h3-5,13H,1-2H2. The molecule has 4 nitrogen and oxygen atoms in total. The van der Waals surface area contributed by atoms with Gasteiger partial charge in [-0.2, -0.15) is 0 Å². The van der Waals surface area contributed by atoms with Gasteiger partial charge in [-0.3, -0.25) is 0 Å². The van der Waals surface area contributed by atoms with Crippen molar-refractivity contribution in [1.82, 2.24) is 14.5 Å². The first-order chi connectivity index (χ1) is 6.31. The Kier molecular flexibility index (Phi) is 2.28. The van der Waals surface area contributed by atoms with E-state index in [2.05, 4.69) is 25.9 Å². The van der Waals surface area contributed by atoms with Gasteiger partial charge in [0.2, 0.25) is 0 Å². The molecule has 0 aliphatic rings. The number of fused-ring (bicyclic) bond motifs is 1. The van der Waals surface area contributed by atoms with Gasteiger partial charge in [0.15, 0.2) is 5.65 Å². The molecule has 0 unspecified atom stereocenters. The topological polar surface area (TPSA) is 50.9 Å². The summed E-state index contributed by atoms with van der Waals surface area (Å²) in [6, 6.07) is 1.90. The number of hydrogen-bond donors (Lipinski definition) is 1. The van der Waals surface area contributed by atoms with Gasteiger partial charge in [0.1, 0.15) is 5.52 Å². The lowest BCUT2D eigenvalue weighted by atomic mass is 10.4. The molecule has 0 amide bonds. The van der Waals surface area contributed by atoms with Crippen molar-refractivity contribution in [2.24, 2.45) is 0 Å². The first kappa shape index (κ1) is 8.65. The molecule has 0 fully saturated rings. The van der Waals surface area contributed by atoms with Gasteiger partial charge in [-0.1, -0.05) is 0 Å². The zero-order valence-electron chi connectivity index (χ0n) is 6.81. The summed E-state index contributed by atoms with van der Waals surface area (Å²) in [6.07, 6.45) is 3.40. The van der Waals surface area contributed by atoms with E-state index in [0.717, 1.165) is 15.6 Å². The van der Waals surface area contributed by atoms with Crippen molar-refractivity contribution in [2.45, 2.75) is 6.54 Å². The lowest BCUT2D eigenvalue weighted by molar-refractivity contribution is 0.277. The second-order valence-corrected chi connectivity index (χ2v) is 3.57. The van der Waals surface area contributed by atoms with E-state index in [0.29, 0.717) is 6.54 Å². The van der Waals surface area contributed by atoms with E-state index < -0.39 is 0 Å². The second kappa shape index (κ2) is 3.43. The highest BCUT2D eigenvalue weighted by Crippen LogP contribution is 2.15. The fraction of sp³-hybridized carbons (Fsp3) is 0.250. The van der Waals surface area contributed by atoms with Crippen LogP contribution in [0, 0.1) is 0 Å². The van der Waals surface area contributed by atoms with Crippen LogP contribution < -0.4 is 0 Å². The van der Waals surface area contributed by atoms with Gasteiger partial charge in [0.25, 0.3) is 0 Å². The highest BCUT2D eigenvalue weighted by Gasteiger charge is 2.02. The third-order valence-corrected chi connectivity index (χ3v) is 2.20. The van der Waals surface area contributed by atoms with E-state index in [4.69, 9.17) is 5.11 Å². The Morgan fingerprint density at radius 2 is 2.31 bits per heavy atom. The summed E-state index contributed by atoms with van der Waals surface area (Å²) in [4.78, 5) is 8.36. The minimum atomic E-state index is 0.100. The van der Waals surface area contributed by atoms with E-state index in [1.54, 1.807) is 12.5 Å². The summed E-state index contributed by atoms with van der Waals surface area (Å²) in [6.45, 7) is 0.633. The molecule has 1 N–H and O–H groups in total. The predicted molar refractivity (Wildman–Crippen MR) is 52.3 cm³/mol. The molecular formula is C8H8BrN3O. The van der Waals surface area contributed by atoms with Crippen LogP contribution >= 0.6 is 15.9 Å². The maximum atomic E-state index is 8.77. The minimum Gasteiger partial charge on any atom is -0.395 e. The molecule has 0 saturated carbocycles. The van der Waals surface area contributed by atoms with Crippen molar-refractivity contribution in [2.75, 3.05) is 6.61 Å². The number of hydrogen-bond acceptors (Lipinski definition) is 3. The van der Waals surface area contributed by atoms with E-state index in [1.165, 1.54) is 0 Å². The molecule has 0 aliphatic carbocycles. The Labute approximate surface area is 83.4 Å². The normalized spacial score (nSPS) is 10.9. The number of rotatable bonds is 2. The summed E-state index contributed by atoms with van der Waals surface area (Å²) >= 11 is 3.32. The number of aliphatic hydroxyl groups is 1. The Morgan fingerprint density at radius 3 is 3.08 bits per heavy atom. The highest BCUT2D eigenvalue weighted by atomic mass is 79.9. The number of nitrogens with zero attached hydrogens (tertiary/aromatic N) is 3. The van der Waals surface area contributed by atoms with Gasteiger partial charge in [-0.05, 0) is 22.0 Å². The van der Waals surface area contributed by atoms with Gasteiger partial charge < -0.3 is 9.67 Å². The maximum absolute atomic E-state index is 8.77. The third-order valence-electron chi connectivity index (χ3n) is 1.76. The van der Waals surface area contributed by atoms with Crippen molar-refractivity contribution in [3.63, 3.8) is 0 Å². The lowest BCUT2D eigenvalue weighted by Crippen LogP contribution is -2.00. The molecular weight excluding hydrogens is 234 g/mol. The minimum absolute atomic E-state index is 0.100. The second-order valence-electron chi connectivity index (χ2n) is 2.66. The zero-order valence-corrected chi connectivity index (χ0v) is 8.40. The SMILES string of the molecule is OCCn1cnc2cc(Br)cnc21. The molecule has 0 bridgehead atoms. The Bertz CT molecular complexity index is 426. The molecule has 0 spiro atoms. The van der Waals surface area contributed by atoms with Gasteiger partial charge >= 0.3 is 0 Å². The third kappa shape index (κ3) is 1.57. The van der Waals surface area contributed by atoms with Crippen molar-refractivity contribution < 1.29 is 5.11 Å². The monoisotopic (exact) mass is 241 g/mol. The van der Waals surface area contributed by atoms with Crippen LogP contribution in [0.25, 0.3) is 11.2 Å². The average Bonchev–Trinajstić information content (AvgIpc) is 2.49. The first-order valence-electron chi connectivity index (χ1n) is 3.88. The molecule has 68 valence electrons. The smallest absolute Gasteiger partial charge is 0.159 e. The zero-order chi connectivity index (χ0) is 9.26. The number of pyridine rings is 1.